The highest BCUT2D eigenvalue weighted by Crippen LogP contribution is 2.22. The van der Waals surface area contributed by atoms with Gasteiger partial charge in [0.1, 0.15) is 11.4 Å². The number of ether oxygens (including phenoxy) is 1. The first-order valence-corrected chi connectivity index (χ1v) is 11.4. The van der Waals surface area contributed by atoms with Gasteiger partial charge in [-0.2, -0.15) is 0 Å². The van der Waals surface area contributed by atoms with E-state index in [0.29, 0.717) is 43.7 Å². The zero-order chi connectivity index (χ0) is 24.9. The zero-order valence-electron chi connectivity index (χ0n) is 20.1. The number of hydrogen-bond donors (Lipinski definition) is 1. The number of nitrogens with one attached hydrogen (secondary N) is 1. The quantitative estimate of drug-likeness (QED) is 0.690. The van der Waals surface area contributed by atoms with Crippen molar-refractivity contribution < 1.29 is 23.5 Å². The lowest BCUT2D eigenvalue weighted by atomic mass is 9.95. The third-order valence-electron chi connectivity index (χ3n) is 5.56. The van der Waals surface area contributed by atoms with Gasteiger partial charge >= 0.3 is 6.09 Å². The standard InChI is InChI=1S/C26H32FN3O4/c1-26(2,3)34-25(33)29(4)17-18-6-5-7-22(16-18)28-23(31)19-12-14-30(15-13-19)24(32)20-8-10-21(27)11-9-20/h5-11,16,19H,12-15,17H2,1-4H3,(H,28,31). The topological polar surface area (TPSA) is 79.0 Å². The van der Waals surface area contributed by atoms with Crippen LogP contribution in [0.4, 0.5) is 14.9 Å². The van der Waals surface area contributed by atoms with E-state index in [2.05, 4.69) is 5.32 Å². The molecule has 0 bridgehead atoms. The summed E-state index contributed by atoms with van der Waals surface area (Å²) in [5.74, 6) is -0.829. The van der Waals surface area contributed by atoms with Crippen molar-refractivity contribution in [3.05, 3.63) is 65.5 Å². The van der Waals surface area contributed by atoms with Gasteiger partial charge in [-0.1, -0.05) is 12.1 Å². The molecule has 7 nitrogen and oxygen atoms in total. The van der Waals surface area contributed by atoms with Crippen molar-refractivity contribution in [2.24, 2.45) is 5.92 Å². The van der Waals surface area contributed by atoms with Crippen LogP contribution in [0.2, 0.25) is 0 Å². The highest BCUT2D eigenvalue weighted by molar-refractivity contribution is 5.95. The molecule has 1 saturated heterocycles. The second-order valence-corrected chi connectivity index (χ2v) is 9.60. The number of benzene rings is 2. The van der Waals surface area contributed by atoms with E-state index in [1.165, 1.54) is 29.2 Å². The monoisotopic (exact) mass is 469 g/mol. The Morgan fingerprint density at radius 3 is 2.35 bits per heavy atom. The molecule has 182 valence electrons. The van der Waals surface area contributed by atoms with Crippen LogP contribution in [0.1, 0.15) is 49.5 Å². The molecule has 1 fully saturated rings. The molecule has 3 rings (SSSR count). The summed E-state index contributed by atoms with van der Waals surface area (Å²) in [7, 11) is 1.67. The minimum Gasteiger partial charge on any atom is -0.444 e. The van der Waals surface area contributed by atoms with Gasteiger partial charge in [0.15, 0.2) is 0 Å². The van der Waals surface area contributed by atoms with Crippen molar-refractivity contribution in [1.82, 2.24) is 9.80 Å². The molecule has 8 heteroatoms. The van der Waals surface area contributed by atoms with Crippen LogP contribution in [-0.2, 0) is 16.1 Å². The van der Waals surface area contributed by atoms with Crippen molar-refractivity contribution in [2.75, 3.05) is 25.5 Å². The molecule has 1 heterocycles. The van der Waals surface area contributed by atoms with Gasteiger partial charge in [-0.05, 0) is 75.6 Å². The molecule has 2 aromatic rings. The van der Waals surface area contributed by atoms with Crippen LogP contribution in [0, 0.1) is 11.7 Å². The maximum Gasteiger partial charge on any atom is 0.410 e. The van der Waals surface area contributed by atoms with Crippen LogP contribution in [0.25, 0.3) is 0 Å². The number of amides is 3. The van der Waals surface area contributed by atoms with Crippen LogP contribution in [0.5, 0.6) is 0 Å². The molecule has 0 aliphatic carbocycles. The van der Waals surface area contributed by atoms with Crippen molar-refractivity contribution in [3.8, 4) is 0 Å². The first-order chi connectivity index (χ1) is 16.0. The number of piperidine rings is 1. The Morgan fingerprint density at radius 2 is 1.74 bits per heavy atom. The van der Waals surface area contributed by atoms with Gasteiger partial charge in [0.2, 0.25) is 5.91 Å². The van der Waals surface area contributed by atoms with E-state index >= 15 is 0 Å². The largest absolute Gasteiger partial charge is 0.444 e. The lowest BCUT2D eigenvalue weighted by molar-refractivity contribution is -0.121. The highest BCUT2D eigenvalue weighted by Gasteiger charge is 2.28. The first kappa shape index (κ1) is 25.2. The van der Waals surface area contributed by atoms with Gasteiger partial charge in [0, 0.05) is 43.9 Å². The Kier molecular flexibility index (Phi) is 7.91. The Labute approximate surface area is 199 Å². The van der Waals surface area contributed by atoms with Gasteiger partial charge in [-0.3, -0.25) is 9.59 Å². The molecular formula is C26H32FN3O4. The second kappa shape index (κ2) is 10.7. The number of hydrogen-bond acceptors (Lipinski definition) is 4. The number of carbonyl (C=O) groups is 3. The average Bonchev–Trinajstić information content (AvgIpc) is 2.78. The zero-order valence-corrected chi connectivity index (χ0v) is 20.1. The fourth-order valence-corrected chi connectivity index (χ4v) is 3.79. The lowest BCUT2D eigenvalue weighted by Gasteiger charge is -2.31. The van der Waals surface area contributed by atoms with E-state index in [-0.39, 0.29) is 23.5 Å². The molecule has 0 spiro atoms. The number of rotatable bonds is 5. The highest BCUT2D eigenvalue weighted by atomic mass is 19.1. The smallest absolute Gasteiger partial charge is 0.410 e. The molecule has 0 unspecified atom stereocenters. The summed E-state index contributed by atoms with van der Waals surface area (Å²) < 4.78 is 18.5. The molecule has 1 aliphatic heterocycles. The van der Waals surface area contributed by atoms with Gasteiger partial charge in [-0.25, -0.2) is 9.18 Å². The number of carbonyl (C=O) groups excluding carboxylic acids is 3. The van der Waals surface area contributed by atoms with Gasteiger partial charge in [0.05, 0.1) is 0 Å². The molecular weight excluding hydrogens is 437 g/mol. The summed E-state index contributed by atoms with van der Waals surface area (Å²) >= 11 is 0. The van der Waals surface area contributed by atoms with Crippen LogP contribution < -0.4 is 5.32 Å². The van der Waals surface area contributed by atoms with Crippen LogP contribution in [0.15, 0.2) is 48.5 Å². The minimum atomic E-state index is -0.569. The van der Waals surface area contributed by atoms with E-state index in [9.17, 15) is 18.8 Å². The van der Waals surface area contributed by atoms with Crippen LogP contribution in [-0.4, -0.2) is 53.4 Å². The molecule has 0 radical (unpaired) electrons. The van der Waals surface area contributed by atoms with Crippen molar-refractivity contribution in [1.29, 1.82) is 0 Å². The number of anilines is 1. The molecule has 2 aromatic carbocycles. The molecule has 1 aliphatic rings. The molecule has 34 heavy (non-hydrogen) atoms. The van der Waals surface area contributed by atoms with E-state index in [1.54, 1.807) is 11.9 Å². The fraction of sp³-hybridized carbons (Fsp3) is 0.423. The molecule has 0 atom stereocenters. The third-order valence-corrected chi connectivity index (χ3v) is 5.56. The Balaban J connectivity index is 1.52. The van der Waals surface area contributed by atoms with Gasteiger partial charge in [-0.15, -0.1) is 0 Å². The Bertz CT molecular complexity index is 1030. The van der Waals surface area contributed by atoms with Crippen LogP contribution >= 0.6 is 0 Å². The minimum absolute atomic E-state index is 0.0912. The number of likely N-dealkylation sites (tertiary alicyclic amines) is 1. The predicted octanol–water partition coefficient (Wildman–Crippen LogP) is 4.68. The average molecular weight is 470 g/mol. The summed E-state index contributed by atoms with van der Waals surface area (Å²) in [5, 5.41) is 2.96. The fourth-order valence-electron chi connectivity index (χ4n) is 3.79. The molecule has 0 saturated carbocycles. The predicted molar refractivity (Wildman–Crippen MR) is 128 cm³/mol. The lowest BCUT2D eigenvalue weighted by Crippen LogP contribution is -2.41. The molecule has 1 N–H and O–H groups in total. The normalized spacial score (nSPS) is 14.4. The number of nitrogens with zero attached hydrogens (tertiary/aromatic N) is 2. The SMILES string of the molecule is CN(Cc1cccc(NC(=O)C2CCN(C(=O)c3ccc(F)cc3)CC2)c1)C(=O)OC(C)(C)C. The van der Waals surface area contributed by atoms with E-state index in [0.717, 1.165) is 5.56 Å². The van der Waals surface area contributed by atoms with Crippen molar-refractivity contribution in [3.63, 3.8) is 0 Å². The van der Waals surface area contributed by atoms with Gasteiger partial charge < -0.3 is 19.9 Å². The summed E-state index contributed by atoms with van der Waals surface area (Å²) in [6.45, 7) is 6.74. The van der Waals surface area contributed by atoms with E-state index in [4.69, 9.17) is 4.74 Å². The Hall–Kier alpha value is -3.42. The third kappa shape index (κ3) is 7.04. The summed E-state index contributed by atoms with van der Waals surface area (Å²) in [6.07, 6.45) is 0.698. The molecule has 0 aromatic heterocycles. The number of halogens is 1. The van der Waals surface area contributed by atoms with E-state index in [1.807, 2.05) is 45.0 Å². The first-order valence-electron chi connectivity index (χ1n) is 11.4. The Morgan fingerprint density at radius 1 is 1.09 bits per heavy atom. The van der Waals surface area contributed by atoms with Crippen molar-refractivity contribution >= 4 is 23.6 Å². The van der Waals surface area contributed by atoms with Crippen molar-refractivity contribution in [2.45, 2.75) is 45.8 Å². The van der Waals surface area contributed by atoms with E-state index < -0.39 is 11.7 Å². The van der Waals surface area contributed by atoms with Gasteiger partial charge in [0.25, 0.3) is 5.91 Å². The summed E-state index contributed by atoms with van der Waals surface area (Å²) in [4.78, 5) is 40.8. The van der Waals surface area contributed by atoms with Crippen LogP contribution in [0.3, 0.4) is 0 Å². The maximum atomic E-state index is 13.1. The summed E-state index contributed by atoms with van der Waals surface area (Å²) in [6, 6.07) is 12.9. The second-order valence-electron chi connectivity index (χ2n) is 9.60. The molecule has 3 amide bonds. The maximum absolute atomic E-state index is 13.1. The summed E-state index contributed by atoms with van der Waals surface area (Å²) in [5.41, 5.74) is 1.40.